The van der Waals surface area contributed by atoms with Gasteiger partial charge in [-0.2, -0.15) is 13.2 Å². The van der Waals surface area contributed by atoms with Crippen LogP contribution in [0.25, 0.3) is 0 Å². The molecule has 2 aromatic carbocycles. The number of carbonyl (C=O) groups excluding carboxylic acids is 3. The third-order valence-corrected chi connectivity index (χ3v) is 5.69. The Labute approximate surface area is 174 Å². The van der Waals surface area contributed by atoms with Crippen molar-refractivity contribution in [2.45, 2.75) is 37.9 Å². The van der Waals surface area contributed by atoms with Crippen LogP contribution in [0.4, 0.5) is 23.2 Å². The number of alkyl halides is 3. The van der Waals surface area contributed by atoms with Gasteiger partial charge in [0.15, 0.2) is 0 Å². The fraction of sp³-hybridized carbons (Fsp3) is 0.318. The maximum absolute atomic E-state index is 13.7. The lowest BCUT2D eigenvalue weighted by Crippen LogP contribution is -2.33. The number of halogens is 4. The van der Waals surface area contributed by atoms with E-state index in [2.05, 4.69) is 10.6 Å². The SMILES string of the molecule is O=C(Nc1cccc2c1C([C@@H]1CCCCC1=O)NC2=O)c1cc(F)cc(C(F)(F)F)c1. The monoisotopic (exact) mass is 434 g/mol. The molecule has 0 aromatic heterocycles. The number of rotatable bonds is 3. The van der Waals surface area contributed by atoms with Gasteiger partial charge in [0, 0.05) is 34.7 Å². The Hall–Kier alpha value is -3.23. The van der Waals surface area contributed by atoms with Crippen molar-refractivity contribution in [3.63, 3.8) is 0 Å². The summed E-state index contributed by atoms with van der Waals surface area (Å²) in [5.74, 6) is -2.96. The molecule has 2 aliphatic rings. The zero-order chi connectivity index (χ0) is 22.3. The minimum absolute atomic E-state index is 0.0190. The van der Waals surface area contributed by atoms with E-state index in [1.807, 2.05) is 0 Å². The molecule has 1 unspecified atom stereocenters. The zero-order valence-electron chi connectivity index (χ0n) is 16.2. The Balaban J connectivity index is 1.68. The van der Waals surface area contributed by atoms with E-state index in [1.54, 1.807) is 6.07 Å². The molecule has 2 atom stereocenters. The molecule has 1 saturated carbocycles. The lowest BCUT2D eigenvalue weighted by Gasteiger charge is -2.27. The van der Waals surface area contributed by atoms with Crippen LogP contribution < -0.4 is 10.6 Å². The molecular weight excluding hydrogens is 416 g/mol. The number of hydrogen-bond donors (Lipinski definition) is 2. The lowest BCUT2D eigenvalue weighted by atomic mass is 9.80. The van der Waals surface area contributed by atoms with Crippen molar-refractivity contribution in [3.05, 3.63) is 64.5 Å². The van der Waals surface area contributed by atoms with Crippen molar-refractivity contribution in [1.29, 1.82) is 0 Å². The van der Waals surface area contributed by atoms with E-state index in [0.717, 1.165) is 12.8 Å². The number of ketones is 1. The van der Waals surface area contributed by atoms with Crippen molar-refractivity contribution in [2.24, 2.45) is 5.92 Å². The van der Waals surface area contributed by atoms with Crippen molar-refractivity contribution in [3.8, 4) is 0 Å². The molecule has 4 rings (SSSR count). The highest BCUT2D eigenvalue weighted by Crippen LogP contribution is 2.41. The summed E-state index contributed by atoms with van der Waals surface area (Å²) in [7, 11) is 0. The second kappa shape index (κ2) is 7.79. The second-order valence-electron chi connectivity index (χ2n) is 7.72. The number of hydrogen-bond acceptors (Lipinski definition) is 3. The van der Waals surface area contributed by atoms with Gasteiger partial charge in [-0.3, -0.25) is 14.4 Å². The van der Waals surface area contributed by atoms with E-state index >= 15 is 0 Å². The highest BCUT2D eigenvalue weighted by atomic mass is 19.4. The molecule has 5 nitrogen and oxygen atoms in total. The Bertz CT molecular complexity index is 1080. The summed E-state index contributed by atoms with van der Waals surface area (Å²) in [6.45, 7) is 0. The molecule has 0 saturated heterocycles. The van der Waals surface area contributed by atoms with E-state index in [0.29, 0.717) is 36.6 Å². The van der Waals surface area contributed by atoms with Crippen LogP contribution >= 0.6 is 0 Å². The summed E-state index contributed by atoms with van der Waals surface area (Å²) in [6, 6.07) is 5.52. The first-order valence-electron chi connectivity index (χ1n) is 9.81. The topological polar surface area (TPSA) is 75.3 Å². The largest absolute Gasteiger partial charge is 0.416 e. The summed E-state index contributed by atoms with van der Waals surface area (Å²) >= 11 is 0. The van der Waals surface area contributed by atoms with Crippen LogP contribution in [-0.4, -0.2) is 17.6 Å². The average molecular weight is 434 g/mol. The first-order chi connectivity index (χ1) is 14.6. The van der Waals surface area contributed by atoms with E-state index in [1.165, 1.54) is 12.1 Å². The van der Waals surface area contributed by atoms with Crippen LogP contribution in [0.5, 0.6) is 0 Å². The molecule has 2 aromatic rings. The molecule has 1 aliphatic carbocycles. The maximum Gasteiger partial charge on any atom is 0.416 e. The highest BCUT2D eigenvalue weighted by Gasteiger charge is 2.40. The van der Waals surface area contributed by atoms with Crippen molar-refractivity contribution in [1.82, 2.24) is 5.32 Å². The molecule has 0 spiro atoms. The van der Waals surface area contributed by atoms with Gasteiger partial charge in [-0.1, -0.05) is 12.5 Å². The van der Waals surface area contributed by atoms with Gasteiger partial charge >= 0.3 is 6.18 Å². The van der Waals surface area contributed by atoms with Gasteiger partial charge in [0.05, 0.1) is 11.6 Å². The van der Waals surface area contributed by atoms with Crippen LogP contribution in [0.1, 0.15) is 63.6 Å². The molecule has 0 radical (unpaired) electrons. The molecule has 31 heavy (non-hydrogen) atoms. The summed E-state index contributed by atoms with van der Waals surface area (Å²) in [5, 5.41) is 5.28. The van der Waals surface area contributed by atoms with Gasteiger partial charge < -0.3 is 10.6 Å². The quantitative estimate of drug-likeness (QED) is 0.691. The molecule has 1 aliphatic heterocycles. The Morgan fingerprint density at radius 1 is 1.10 bits per heavy atom. The summed E-state index contributed by atoms with van der Waals surface area (Å²) < 4.78 is 52.6. The maximum atomic E-state index is 13.7. The van der Waals surface area contributed by atoms with E-state index < -0.39 is 41.0 Å². The van der Waals surface area contributed by atoms with Gasteiger partial charge in [-0.15, -0.1) is 0 Å². The molecule has 2 amide bonds. The summed E-state index contributed by atoms with van der Waals surface area (Å²) in [5.41, 5.74) is -0.877. The molecule has 1 fully saturated rings. The number of amides is 2. The third kappa shape index (κ3) is 4.04. The first kappa shape index (κ1) is 21.0. The Kier molecular flexibility index (Phi) is 5.28. The summed E-state index contributed by atoms with van der Waals surface area (Å²) in [6.07, 6.45) is -2.21. The molecule has 0 bridgehead atoms. The number of fused-ring (bicyclic) bond motifs is 1. The second-order valence-corrected chi connectivity index (χ2v) is 7.72. The fourth-order valence-electron chi connectivity index (χ4n) is 4.24. The zero-order valence-corrected chi connectivity index (χ0v) is 16.2. The Morgan fingerprint density at radius 2 is 1.87 bits per heavy atom. The smallest absolute Gasteiger partial charge is 0.344 e. The van der Waals surface area contributed by atoms with E-state index in [9.17, 15) is 31.9 Å². The van der Waals surface area contributed by atoms with Crippen molar-refractivity contribution >= 4 is 23.3 Å². The van der Waals surface area contributed by atoms with Crippen molar-refractivity contribution in [2.75, 3.05) is 5.32 Å². The first-order valence-corrected chi connectivity index (χ1v) is 9.81. The van der Waals surface area contributed by atoms with Gasteiger partial charge in [-0.25, -0.2) is 4.39 Å². The van der Waals surface area contributed by atoms with E-state index in [-0.39, 0.29) is 22.9 Å². The molecule has 162 valence electrons. The van der Waals surface area contributed by atoms with E-state index in [4.69, 9.17) is 0 Å². The highest BCUT2D eigenvalue weighted by molar-refractivity contribution is 6.08. The number of carbonyl (C=O) groups is 3. The van der Waals surface area contributed by atoms with Gasteiger partial charge in [0.25, 0.3) is 11.8 Å². The third-order valence-electron chi connectivity index (χ3n) is 5.69. The number of Topliss-reactive ketones (excluding diaryl/α,β-unsaturated/α-hetero) is 1. The molecular formula is C22H18F4N2O3. The average Bonchev–Trinajstić information content (AvgIpc) is 3.05. The predicted molar refractivity (Wildman–Crippen MR) is 103 cm³/mol. The van der Waals surface area contributed by atoms with Crippen LogP contribution in [0, 0.1) is 11.7 Å². The lowest BCUT2D eigenvalue weighted by molar-refractivity contribution is -0.137. The summed E-state index contributed by atoms with van der Waals surface area (Å²) in [4.78, 5) is 37.5. The number of anilines is 1. The molecule has 2 N–H and O–H groups in total. The number of nitrogens with one attached hydrogen (secondary N) is 2. The van der Waals surface area contributed by atoms with Crippen LogP contribution in [0.2, 0.25) is 0 Å². The Morgan fingerprint density at radius 3 is 2.58 bits per heavy atom. The normalized spacial score (nSPS) is 20.9. The predicted octanol–water partition coefficient (Wildman–Crippen LogP) is 4.64. The minimum atomic E-state index is -4.81. The van der Waals surface area contributed by atoms with Gasteiger partial charge in [0.1, 0.15) is 11.6 Å². The molecule has 9 heteroatoms. The van der Waals surface area contributed by atoms with Gasteiger partial charge in [-0.05, 0) is 43.2 Å². The van der Waals surface area contributed by atoms with Crippen LogP contribution in [0.15, 0.2) is 36.4 Å². The minimum Gasteiger partial charge on any atom is -0.344 e. The molecule has 1 heterocycles. The number of benzene rings is 2. The standard InChI is InChI=1S/C22H18F4N2O3/c23-13-9-11(8-12(10-13)22(24,25)26)20(30)27-16-6-3-5-15-18(16)19(28-21(15)31)14-4-1-2-7-17(14)29/h3,5-6,8-10,14,19H,1-2,4,7H2,(H,27,30)(H,28,31)/t14-,19?/m1/s1. The van der Waals surface area contributed by atoms with Gasteiger partial charge in [0.2, 0.25) is 0 Å². The van der Waals surface area contributed by atoms with Crippen molar-refractivity contribution < 1.29 is 31.9 Å². The fourth-order valence-corrected chi connectivity index (χ4v) is 4.24. The van der Waals surface area contributed by atoms with Crippen LogP contribution in [-0.2, 0) is 11.0 Å². The van der Waals surface area contributed by atoms with Crippen LogP contribution in [0.3, 0.4) is 0 Å².